The molecule has 1 aliphatic rings. The standard InChI is InChI=1S/C27H40ClNO11S2/c1-17-10-12-18(13-11-17)42(35,36)40-22-19(27(8,16-28)41(33,34)15-20(30)37-9)14-29(24(32)39-26(5,6)7)21(22)23(31)38-25(2,3)4/h10-13,19,21-22H,14-16H2,1-9H3/t19-,21+,22+,27?/m1/s1. The number of esters is 2. The fraction of sp³-hybridized carbons (Fsp3) is 0.667. The summed E-state index contributed by atoms with van der Waals surface area (Å²) in [4.78, 5) is 39.8. The van der Waals surface area contributed by atoms with Gasteiger partial charge in [0.15, 0.2) is 15.9 Å². The van der Waals surface area contributed by atoms with Gasteiger partial charge in [0.1, 0.15) is 23.1 Å². The van der Waals surface area contributed by atoms with Crippen LogP contribution in [0.2, 0.25) is 0 Å². The SMILES string of the molecule is COC(=O)CS(=O)(=O)C(C)(CCl)[C@@H]1CN(C(=O)OC(C)(C)C)[C@H](C(=O)OC(C)(C)C)[C@H]1OS(=O)(=O)c1ccc(C)cc1. The van der Waals surface area contributed by atoms with E-state index in [0.717, 1.165) is 17.6 Å². The number of amides is 1. The summed E-state index contributed by atoms with van der Waals surface area (Å²) in [6, 6.07) is 3.88. The average molecular weight is 654 g/mol. The summed E-state index contributed by atoms with van der Waals surface area (Å²) in [5, 5.41) is 0. The molecule has 0 N–H and O–H groups in total. The smallest absolute Gasteiger partial charge is 0.411 e. The van der Waals surface area contributed by atoms with Crippen molar-refractivity contribution in [1.82, 2.24) is 4.90 Å². The van der Waals surface area contributed by atoms with Gasteiger partial charge in [0.05, 0.1) is 16.8 Å². The molecule has 15 heteroatoms. The van der Waals surface area contributed by atoms with E-state index in [2.05, 4.69) is 4.74 Å². The predicted molar refractivity (Wildman–Crippen MR) is 154 cm³/mol. The average Bonchev–Trinajstić information content (AvgIpc) is 3.20. The first-order chi connectivity index (χ1) is 19.0. The normalized spacial score (nSPS) is 21.4. The fourth-order valence-corrected chi connectivity index (χ4v) is 7.72. The maximum absolute atomic E-state index is 13.7. The van der Waals surface area contributed by atoms with Gasteiger partial charge in [0.2, 0.25) is 0 Å². The first-order valence-electron chi connectivity index (χ1n) is 13.1. The highest BCUT2D eigenvalue weighted by Crippen LogP contribution is 2.42. The van der Waals surface area contributed by atoms with Gasteiger partial charge in [0.25, 0.3) is 10.1 Å². The largest absolute Gasteiger partial charge is 0.468 e. The van der Waals surface area contributed by atoms with Crippen molar-refractivity contribution in [1.29, 1.82) is 0 Å². The first-order valence-corrected chi connectivity index (χ1v) is 16.6. The Balaban J connectivity index is 2.82. The van der Waals surface area contributed by atoms with Crippen LogP contribution in [0.3, 0.4) is 0 Å². The van der Waals surface area contributed by atoms with Crippen molar-refractivity contribution in [2.75, 3.05) is 25.3 Å². The first kappa shape index (κ1) is 35.8. The van der Waals surface area contributed by atoms with E-state index in [1.807, 2.05) is 0 Å². The topological polar surface area (TPSA) is 160 Å². The summed E-state index contributed by atoms with van der Waals surface area (Å²) in [5.41, 5.74) is -1.36. The van der Waals surface area contributed by atoms with Crippen LogP contribution in [0.5, 0.6) is 0 Å². The second-order valence-electron chi connectivity index (χ2n) is 12.3. The highest BCUT2D eigenvalue weighted by atomic mass is 35.5. The molecule has 1 heterocycles. The Hall–Kier alpha value is -2.42. The number of sulfone groups is 1. The summed E-state index contributed by atoms with van der Waals surface area (Å²) < 4.78 is 73.4. The lowest BCUT2D eigenvalue weighted by molar-refractivity contribution is -0.162. The van der Waals surface area contributed by atoms with E-state index in [9.17, 15) is 31.2 Å². The summed E-state index contributed by atoms with van der Waals surface area (Å²) in [7, 11) is -8.14. The molecule has 1 aromatic rings. The van der Waals surface area contributed by atoms with Crippen LogP contribution in [0.15, 0.2) is 29.2 Å². The van der Waals surface area contributed by atoms with E-state index in [0.29, 0.717) is 0 Å². The second-order valence-corrected chi connectivity index (χ2v) is 16.6. The molecule has 12 nitrogen and oxygen atoms in total. The number of hydrogen-bond donors (Lipinski definition) is 0. The number of halogens is 1. The molecule has 0 saturated carbocycles. The molecule has 1 amide bonds. The molecule has 1 saturated heterocycles. The lowest BCUT2D eigenvalue weighted by atomic mass is 9.89. The van der Waals surface area contributed by atoms with E-state index in [-0.39, 0.29) is 4.90 Å². The molecule has 4 atom stereocenters. The zero-order valence-electron chi connectivity index (χ0n) is 25.3. The molecule has 2 rings (SSSR count). The van der Waals surface area contributed by atoms with E-state index in [1.165, 1.54) is 31.2 Å². The van der Waals surface area contributed by atoms with Crippen molar-refractivity contribution in [2.45, 2.75) is 88.4 Å². The molecule has 42 heavy (non-hydrogen) atoms. The Bertz CT molecular complexity index is 1380. The van der Waals surface area contributed by atoms with Gasteiger partial charge in [0, 0.05) is 18.3 Å². The monoisotopic (exact) mass is 653 g/mol. The van der Waals surface area contributed by atoms with Gasteiger partial charge < -0.3 is 14.2 Å². The van der Waals surface area contributed by atoms with E-state index in [1.54, 1.807) is 48.5 Å². The molecule has 1 aliphatic heterocycles. The summed E-state index contributed by atoms with van der Waals surface area (Å²) in [6.07, 6.45) is -2.85. The van der Waals surface area contributed by atoms with Crippen LogP contribution >= 0.6 is 11.6 Å². The molecule has 1 aromatic carbocycles. The summed E-state index contributed by atoms with van der Waals surface area (Å²) in [6.45, 7) is 11.9. The molecule has 0 aromatic heterocycles. The maximum atomic E-state index is 13.7. The Morgan fingerprint density at radius 2 is 1.45 bits per heavy atom. The van der Waals surface area contributed by atoms with E-state index >= 15 is 0 Å². The van der Waals surface area contributed by atoms with Gasteiger partial charge >= 0.3 is 18.0 Å². The molecule has 238 valence electrons. The van der Waals surface area contributed by atoms with Crippen molar-refractivity contribution < 1.29 is 49.6 Å². The predicted octanol–water partition coefficient (Wildman–Crippen LogP) is 3.23. The zero-order chi connectivity index (χ0) is 32.5. The Kier molecular flexibility index (Phi) is 10.8. The van der Waals surface area contributed by atoms with Gasteiger partial charge in [-0.05, 0) is 67.5 Å². The van der Waals surface area contributed by atoms with Crippen molar-refractivity contribution in [3.63, 3.8) is 0 Å². The number of rotatable bonds is 9. The van der Waals surface area contributed by atoms with Crippen LogP contribution in [0.25, 0.3) is 0 Å². The molecule has 0 radical (unpaired) electrons. The molecular weight excluding hydrogens is 614 g/mol. The molecule has 0 aliphatic carbocycles. The third-order valence-electron chi connectivity index (χ3n) is 6.56. The van der Waals surface area contributed by atoms with Crippen LogP contribution in [-0.2, 0) is 47.9 Å². The van der Waals surface area contributed by atoms with E-state index in [4.69, 9.17) is 25.3 Å². The highest BCUT2D eigenvalue weighted by molar-refractivity contribution is 7.93. The van der Waals surface area contributed by atoms with Crippen molar-refractivity contribution in [3.8, 4) is 0 Å². The van der Waals surface area contributed by atoms with Crippen molar-refractivity contribution in [3.05, 3.63) is 29.8 Å². The number of benzene rings is 1. The number of aryl methyl sites for hydroxylation is 1. The number of alkyl halides is 1. The molecular formula is C27H40ClNO11S2. The van der Waals surface area contributed by atoms with Crippen LogP contribution in [0.1, 0.15) is 54.0 Å². The summed E-state index contributed by atoms with van der Waals surface area (Å²) in [5.74, 6) is -5.33. The molecule has 0 spiro atoms. The van der Waals surface area contributed by atoms with Crippen molar-refractivity contribution in [2.24, 2.45) is 5.92 Å². The Morgan fingerprint density at radius 1 is 0.929 bits per heavy atom. The van der Waals surface area contributed by atoms with Crippen LogP contribution < -0.4 is 0 Å². The number of ether oxygens (including phenoxy) is 3. The lowest BCUT2D eigenvalue weighted by Crippen LogP contribution is -2.54. The highest BCUT2D eigenvalue weighted by Gasteiger charge is 2.61. The number of carbonyl (C=O) groups excluding carboxylic acids is 3. The number of likely N-dealkylation sites (tertiary alicyclic amines) is 1. The maximum Gasteiger partial charge on any atom is 0.411 e. The van der Waals surface area contributed by atoms with Gasteiger partial charge in [-0.2, -0.15) is 8.42 Å². The van der Waals surface area contributed by atoms with Crippen LogP contribution in [0, 0.1) is 12.8 Å². The Labute approximate surface area is 253 Å². The summed E-state index contributed by atoms with van der Waals surface area (Å²) >= 11 is 6.25. The van der Waals surface area contributed by atoms with Gasteiger partial charge in [-0.1, -0.05) is 17.7 Å². The zero-order valence-corrected chi connectivity index (χ0v) is 27.7. The quantitative estimate of drug-likeness (QED) is 0.167. The number of nitrogens with zero attached hydrogens (tertiary/aromatic N) is 1. The number of carbonyl (C=O) groups is 3. The number of methoxy groups -OCH3 is 1. The number of hydrogen-bond acceptors (Lipinski definition) is 11. The Morgan fingerprint density at radius 3 is 1.90 bits per heavy atom. The minimum atomic E-state index is -4.65. The fourth-order valence-electron chi connectivity index (χ4n) is 4.32. The van der Waals surface area contributed by atoms with Crippen LogP contribution in [0.4, 0.5) is 4.79 Å². The molecule has 1 fully saturated rings. The minimum Gasteiger partial charge on any atom is -0.468 e. The van der Waals surface area contributed by atoms with Gasteiger partial charge in [-0.25, -0.2) is 18.0 Å². The molecule has 0 bridgehead atoms. The van der Waals surface area contributed by atoms with Gasteiger partial charge in [-0.3, -0.25) is 13.9 Å². The third kappa shape index (κ3) is 8.35. The third-order valence-corrected chi connectivity index (χ3v) is 11.1. The van der Waals surface area contributed by atoms with Crippen molar-refractivity contribution >= 4 is 49.6 Å². The van der Waals surface area contributed by atoms with Gasteiger partial charge in [-0.15, -0.1) is 11.6 Å². The van der Waals surface area contributed by atoms with Crippen LogP contribution in [-0.4, -0.2) is 93.1 Å². The van der Waals surface area contributed by atoms with E-state index < -0.39 is 90.2 Å². The minimum absolute atomic E-state index is 0.268. The lowest BCUT2D eigenvalue weighted by Gasteiger charge is -2.36. The second kappa shape index (κ2) is 12.7. The molecule has 1 unspecified atom stereocenters.